The Kier molecular flexibility index (Phi) is 3.10. The summed E-state index contributed by atoms with van der Waals surface area (Å²) in [5.74, 6) is 0.0417. The molecule has 1 aromatic carbocycles. The van der Waals surface area contributed by atoms with Crippen LogP contribution in [-0.4, -0.2) is 29.8 Å². The van der Waals surface area contributed by atoms with Crippen LogP contribution in [-0.2, 0) is 0 Å². The number of fused-ring (bicyclic) bond motifs is 1. The van der Waals surface area contributed by atoms with E-state index in [1.807, 2.05) is 0 Å². The Morgan fingerprint density at radius 2 is 1.95 bits per heavy atom. The number of aromatic amines is 2. The normalized spacial score (nSPS) is 10.7. The molecule has 10 nitrogen and oxygen atoms in total. The molecule has 0 radical (unpaired) electrons. The number of nitrogens with one attached hydrogen (secondary N) is 2. The van der Waals surface area contributed by atoms with Gasteiger partial charge in [0.05, 0.1) is 16.2 Å². The van der Waals surface area contributed by atoms with Crippen LogP contribution in [0.5, 0.6) is 0 Å². The Balaban J connectivity index is 2.35. The summed E-state index contributed by atoms with van der Waals surface area (Å²) >= 11 is 5.08. The number of rotatable bonds is 3. The minimum Gasteiger partial charge on any atom is -0.341 e. The van der Waals surface area contributed by atoms with Gasteiger partial charge in [-0.1, -0.05) is 18.3 Å². The minimum absolute atomic E-state index is 0.0322. The number of nitro benzene ring substituents is 2. The summed E-state index contributed by atoms with van der Waals surface area (Å²) in [6.45, 7) is 0. The lowest BCUT2D eigenvalue weighted by atomic mass is 10.1. The summed E-state index contributed by atoms with van der Waals surface area (Å²) in [6, 6.07) is 3.76. The smallest absolute Gasteiger partial charge is 0.341 e. The molecule has 110 valence electrons. The van der Waals surface area contributed by atoms with Gasteiger partial charge in [-0.05, 0) is 6.07 Å². The van der Waals surface area contributed by atoms with Crippen molar-refractivity contribution in [1.82, 2.24) is 19.9 Å². The van der Waals surface area contributed by atoms with Gasteiger partial charge in [-0.25, -0.2) is 9.97 Å². The Bertz CT molecular complexity index is 978. The van der Waals surface area contributed by atoms with Crippen molar-refractivity contribution in [2.75, 3.05) is 0 Å². The van der Waals surface area contributed by atoms with Crippen molar-refractivity contribution in [3.8, 4) is 11.4 Å². The molecule has 2 N–H and O–H groups in total. The van der Waals surface area contributed by atoms with Crippen LogP contribution < -0.4 is 0 Å². The SMILES string of the molecule is O=[N+]([O-])c1cccc(-c2nc(=S)c3[nH]cnc3[nH]2)c1[N+](=O)[O-]. The highest BCUT2D eigenvalue weighted by atomic mass is 32.1. The quantitative estimate of drug-likeness (QED) is 0.429. The highest BCUT2D eigenvalue weighted by molar-refractivity contribution is 7.71. The van der Waals surface area contributed by atoms with Gasteiger partial charge in [-0.3, -0.25) is 20.2 Å². The van der Waals surface area contributed by atoms with Crippen LogP contribution in [0.25, 0.3) is 22.6 Å². The number of hydrogen-bond acceptors (Lipinski definition) is 7. The first kappa shape index (κ1) is 13.8. The maximum atomic E-state index is 11.2. The second-order valence-corrected chi connectivity index (χ2v) is 4.59. The van der Waals surface area contributed by atoms with Gasteiger partial charge in [-0.15, -0.1) is 0 Å². The fourth-order valence-corrected chi connectivity index (χ4v) is 2.29. The number of aromatic nitrogens is 4. The lowest BCUT2D eigenvalue weighted by molar-refractivity contribution is -0.422. The fraction of sp³-hybridized carbons (Fsp3) is 0. The number of hydrogen-bond donors (Lipinski definition) is 2. The standard InChI is InChI=1S/C11H6N6O4S/c18-16(19)6-3-1-2-5(8(6)17(20)21)9-14-10-7(11(22)15-9)12-4-13-10/h1-4H,(H2,12,13,14,15,22). The van der Waals surface area contributed by atoms with Crippen molar-refractivity contribution in [2.24, 2.45) is 0 Å². The summed E-state index contributed by atoms with van der Waals surface area (Å²) in [5, 5.41) is 22.2. The first-order chi connectivity index (χ1) is 10.5. The summed E-state index contributed by atoms with van der Waals surface area (Å²) in [5.41, 5.74) is -0.468. The molecule has 0 saturated heterocycles. The predicted octanol–water partition coefficient (Wildman–Crippen LogP) is 2.50. The maximum Gasteiger partial charge on any atom is 0.356 e. The molecular formula is C11H6N6O4S. The zero-order valence-electron chi connectivity index (χ0n) is 10.6. The van der Waals surface area contributed by atoms with Crippen molar-refractivity contribution in [2.45, 2.75) is 0 Å². The Morgan fingerprint density at radius 3 is 2.64 bits per heavy atom. The third-order valence-electron chi connectivity index (χ3n) is 2.95. The largest absolute Gasteiger partial charge is 0.356 e. The molecule has 3 aromatic rings. The monoisotopic (exact) mass is 318 g/mol. The number of nitro groups is 2. The molecule has 0 unspecified atom stereocenters. The van der Waals surface area contributed by atoms with E-state index in [0.717, 1.165) is 6.07 Å². The minimum atomic E-state index is -0.819. The third-order valence-corrected chi connectivity index (χ3v) is 3.25. The number of benzene rings is 1. The first-order valence-electron chi connectivity index (χ1n) is 5.84. The topological polar surface area (TPSA) is 144 Å². The molecule has 0 saturated carbocycles. The second kappa shape index (κ2) is 4.96. The Hall–Kier alpha value is -3.21. The van der Waals surface area contributed by atoms with Crippen molar-refractivity contribution in [3.05, 3.63) is 49.4 Å². The van der Waals surface area contributed by atoms with Gasteiger partial charge in [-0.2, -0.15) is 0 Å². The summed E-state index contributed by atoms with van der Waals surface area (Å²) in [4.78, 5) is 34.2. The van der Waals surface area contributed by atoms with Gasteiger partial charge in [0.1, 0.15) is 16.9 Å². The van der Waals surface area contributed by atoms with E-state index < -0.39 is 21.2 Å². The molecule has 2 heterocycles. The van der Waals surface area contributed by atoms with E-state index in [2.05, 4.69) is 19.9 Å². The molecule has 22 heavy (non-hydrogen) atoms. The molecule has 2 aromatic heterocycles. The number of H-pyrrole nitrogens is 2. The zero-order chi connectivity index (χ0) is 15.9. The second-order valence-electron chi connectivity index (χ2n) is 4.20. The van der Waals surface area contributed by atoms with Crippen LogP contribution >= 0.6 is 12.2 Å². The third kappa shape index (κ3) is 2.09. The average molecular weight is 318 g/mol. The van der Waals surface area contributed by atoms with Crippen LogP contribution in [0.4, 0.5) is 11.4 Å². The van der Waals surface area contributed by atoms with E-state index >= 15 is 0 Å². The summed E-state index contributed by atoms with van der Waals surface area (Å²) in [7, 11) is 0. The summed E-state index contributed by atoms with van der Waals surface area (Å²) < 4.78 is 0.155. The molecule has 0 aliphatic rings. The van der Waals surface area contributed by atoms with E-state index in [9.17, 15) is 20.2 Å². The van der Waals surface area contributed by atoms with Gasteiger partial charge in [0.25, 0.3) is 0 Å². The van der Waals surface area contributed by atoms with Gasteiger partial charge in [0, 0.05) is 6.07 Å². The molecule has 0 atom stereocenters. The molecular weight excluding hydrogens is 312 g/mol. The molecule has 0 fully saturated rings. The molecule has 0 spiro atoms. The maximum absolute atomic E-state index is 11.2. The fourth-order valence-electron chi connectivity index (χ4n) is 2.04. The van der Waals surface area contributed by atoms with Crippen LogP contribution in [0.2, 0.25) is 0 Å². The molecule has 0 aliphatic carbocycles. The van der Waals surface area contributed by atoms with Crippen LogP contribution in [0.1, 0.15) is 0 Å². The van der Waals surface area contributed by atoms with E-state index in [1.165, 1.54) is 18.5 Å². The lowest BCUT2D eigenvalue weighted by Gasteiger charge is -2.03. The van der Waals surface area contributed by atoms with Crippen molar-refractivity contribution < 1.29 is 9.85 Å². The number of imidazole rings is 1. The van der Waals surface area contributed by atoms with Crippen molar-refractivity contribution in [1.29, 1.82) is 0 Å². The van der Waals surface area contributed by atoms with Crippen molar-refractivity contribution in [3.63, 3.8) is 0 Å². The van der Waals surface area contributed by atoms with Crippen molar-refractivity contribution >= 4 is 34.8 Å². The van der Waals surface area contributed by atoms with E-state index in [0.29, 0.717) is 11.2 Å². The van der Waals surface area contributed by atoms with Crippen LogP contribution in [0, 0.1) is 24.9 Å². The van der Waals surface area contributed by atoms with Gasteiger partial charge in [0.15, 0.2) is 10.3 Å². The van der Waals surface area contributed by atoms with Gasteiger partial charge < -0.3 is 9.97 Å². The highest BCUT2D eigenvalue weighted by Gasteiger charge is 2.29. The number of nitrogens with zero attached hydrogens (tertiary/aromatic N) is 4. The first-order valence-corrected chi connectivity index (χ1v) is 6.25. The zero-order valence-corrected chi connectivity index (χ0v) is 11.5. The molecule has 0 amide bonds. The Labute approximate surface area is 126 Å². The predicted molar refractivity (Wildman–Crippen MR) is 77.8 cm³/mol. The van der Waals surface area contributed by atoms with Crippen LogP contribution in [0.15, 0.2) is 24.5 Å². The number of para-hydroxylation sites is 1. The highest BCUT2D eigenvalue weighted by Crippen LogP contribution is 2.36. The molecule has 0 bridgehead atoms. The van der Waals surface area contributed by atoms with Gasteiger partial charge >= 0.3 is 11.4 Å². The van der Waals surface area contributed by atoms with E-state index in [4.69, 9.17) is 12.2 Å². The Morgan fingerprint density at radius 1 is 1.18 bits per heavy atom. The van der Waals surface area contributed by atoms with E-state index in [-0.39, 0.29) is 16.0 Å². The lowest BCUT2D eigenvalue weighted by Crippen LogP contribution is -2.01. The molecule has 3 rings (SSSR count). The molecule has 11 heteroatoms. The molecule has 0 aliphatic heterocycles. The average Bonchev–Trinajstić information content (AvgIpc) is 2.95. The van der Waals surface area contributed by atoms with E-state index in [1.54, 1.807) is 0 Å². The van der Waals surface area contributed by atoms with Gasteiger partial charge in [0.2, 0.25) is 0 Å². The summed E-state index contributed by atoms with van der Waals surface area (Å²) in [6.07, 6.45) is 1.39. The van der Waals surface area contributed by atoms with Crippen LogP contribution in [0.3, 0.4) is 0 Å².